The van der Waals surface area contributed by atoms with Gasteiger partial charge in [-0.3, -0.25) is 14.7 Å². The van der Waals surface area contributed by atoms with E-state index in [0.29, 0.717) is 9.23 Å². The zero-order valence-electron chi connectivity index (χ0n) is 10.7. The van der Waals surface area contributed by atoms with Crippen LogP contribution in [0.1, 0.15) is 5.56 Å². The number of nitrogens with zero attached hydrogens (tertiary/aromatic N) is 2. The van der Waals surface area contributed by atoms with Gasteiger partial charge in [0.15, 0.2) is 4.32 Å². The first kappa shape index (κ1) is 14.4. The molecular formula is C15H9BrN2OS2. The van der Waals surface area contributed by atoms with Crippen LogP contribution in [0.5, 0.6) is 0 Å². The second-order valence-corrected chi connectivity index (χ2v) is 6.87. The van der Waals surface area contributed by atoms with E-state index in [-0.39, 0.29) is 5.91 Å². The highest BCUT2D eigenvalue weighted by atomic mass is 79.9. The van der Waals surface area contributed by atoms with E-state index in [4.69, 9.17) is 12.2 Å². The van der Waals surface area contributed by atoms with Crippen molar-refractivity contribution in [3.63, 3.8) is 0 Å². The molecule has 0 saturated carbocycles. The van der Waals surface area contributed by atoms with E-state index in [0.717, 1.165) is 15.7 Å². The molecular weight excluding hydrogens is 368 g/mol. The predicted octanol–water partition coefficient (Wildman–Crippen LogP) is 4.25. The predicted molar refractivity (Wildman–Crippen MR) is 94.0 cm³/mol. The van der Waals surface area contributed by atoms with Crippen LogP contribution in [-0.2, 0) is 4.79 Å². The van der Waals surface area contributed by atoms with Gasteiger partial charge in [-0.1, -0.05) is 46.0 Å². The Morgan fingerprint density at radius 1 is 1.24 bits per heavy atom. The Morgan fingerprint density at radius 3 is 2.71 bits per heavy atom. The van der Waals surface area contributed by atoms with Crippen molar-refractivity contribution in [1.82, 2.24) is 4.98 Å². The Morgan fingerprint density at radius 2 is 2.00 bits per heavy atom. The molecule has 6 heteroatoms. The molecule has 1 aliphatic rings. The van der Waals surface area contributed by atoms with Gasteiger partial charge in [-0.05, 0) is 42.0 Å². The quantitative estimate of drug-likeness (QED) is 0.579. The number of rotatable bonds is 2. The number of anilines is 1. The van der Waals surface area contributed by atoms with Crippen molar-refractivity contribution in [2.45, 2.75) is 0 Å². The van der Waals surface area contributed by atoms with E-state index in [9.17, 15) is 4.79 Å². The van der Waals surface area contributed by atoms with Crippen molar-refractivity contribution in [2.75, 3.05) is 4.90 Å². The molecule has 0 bridgehead atoms. The van der Waals surface area contributed by atoms with Gasteiger partial charge in [0.05, 0.1) is 10.6 Å². The Labute approximate surface area is 140 Å². The summed E-state index contributed by atoms with van der Waals surface area (Å²) >= 11 is 10.1. The molecule has 0 N–H and O–H groups in total. The molecule has 104 valence electrons. The zero-order chi connectivity index (χ0) is 14.8. The first-order valence-corrected chi connectivity index (χ1v) is 8.10. The normalized spacial score (nSPS) is 16.8. The van der Waals surface area contributed by atoms with Gasteiger partial charge in [-0.2, -0.15) is 0 Å². The molecule has 1 aromatic heterocycles. The number of amides is 1. The van der Waals surface area contributed by atoms with Crippen molar-refractivity contribution in [1.29, 1.82) is 0 Å². The summed E-state index contributed by atoms with van der Waals surface area (Å²) in [5.41, 5.74) is 1.70. The SMILES string of the molecule is O=C1/C(=C/c2ccncc2)SC(=S)N1c1cccc(Br)c1. The number of hydrogen-bond acceptors (Lipinski definition) is 4. The fraction of sp³-hybridized carbons (Fsp3) is 0. The molecule has 1 fully saturated rings. The number of aromatic nitrogens is 1. The third kappa shape index (κ3) is 3.07. The Balaban J connectivity index is 1.94. The molecule has 0 atom stereocenters. The maximum absolute atomic E-state index is 12.6. The summed E-state index contributed by atoms with van der Waals surface area (Å²) in [6.45, 7) is 0. The van der Waals surface area contributed by atoms with Crippen LogP contribution >= 0.6 is 39.9 Å². The number of hydrogen-bond donors (Lipinski definition) is 0. The molecule has 1 amide bonds. The van der Waals surface area contributed by atoms with Crippen molar-refractivity contribution in [3.8, 4) is 0 Å². The lowest BCUT2D eigenvalue weighted by molar-refractivity contribution is -0.113. The lowest BCUT2D eigenvalue weighted by Gasteiger charge is -2.14. The summed E-state index contributed by atoms with van der Waals surface area (Å²) in [6.07, 6.45) is 5.22. The molecule has 3 nitrogen and oxygen atoms in total. The number of thiocarbonyl (C=S) groups is 1. The average molecular weight is 377 g/mol. The second-order valence-electron chi connectivity index (χ2n) is 4.28. The van der Waals surface area contributed by atoms with Gasteiger partial charge < -0.3 is 0 Å². The highest BCUT2D eigenvalue weighted by molar-refractivity contribution is 9.10. The van der Waals surface area contributed by atoms with E-state index >= 15 is 0 Å². The summed E-state index contributed by atoms with van der Waals surface area (Å²) in [5.74, 6) is -0.0973. The Hall–Kier alpha value is -1.50. The van der Waals surface area contributed by atoms with Crippen LogP contribution in [0.25, 0.3) is 6.08 Å². The van der Waals surface area contributed by atoms with Gasteiger partial charge >= 0.3 is 0 Å². The highest BCUT2D eigenvalue weighted by Gasteiger charge is 2.33. The lowest BCUT2D eigenvalue weighted by atomic mass is 10.2. The lowest BCUT2D eigenvalue weighted by Crippen LogP contribution is -2.27. The van der Waals surface area contributed by atoms with Crippen molar-refractivity contribution in [3.05, 3.63) is 63.7 Å². The molecule has 0 aliphatic carbocycles. The van der Waals surface area contributed by atoms with Crippen LogP contribution in [0.3, 0.4) is 0 Å². The van der Waals surface area contributed by atoms with Crippen LogP contribution in [0, 0.1) is 0 Å². The molecule has 0 unspecified atom stereocenters. The maximum Gasteiger partial charge on any atom is 0.270 e. The smallest absolute Gasteiger partial charge is 0.268 e. The molecule has 0 spiro atoms. The van der Waals surface area contributed by atoms with Gasteiger partial charge in [0.2, 0.25) is 0 Å². The first-order chi connectivity index (χ1) is 10.1. The van der Waals surface area contributed by atoms with Gasteiger partial charge in [0.25, 0.3) is 5.91 Å². The first-order valence-electron chi connectivity index (χ1n) is 6.09. The van der Waals surface area contributed by atoms with Crippen LogP contribution in [0.15, 0.2) is 58.2 Å². The molecule has 1 aliphatic heterocycles. The molecule has 1 saturated heterocycles. The van der Waals surface area contributed by atoms with Gasteiger partial charge in [0.1, 0.15) is 0 Å². The fourth-order valence-electron chi connectivity index (χ4n) is 1.92. The Kier molecular flexibility index (Phi) is 4.19. The number of carbonyl (C=O) groups excluding carboxylic acids is 1. The fourth-order valence-corrected chi connectivity index (χ4v) is 3.60. The van der Waals surface area contributed by atoms with E-state index < -0.39 is 0 Å². The molecule has 2 heterocycles. The van der Waals surface area contributed by atoms with Gasteiger partial charge in [-0.15, -0.1) is 0 Å². The van der Waals surface area contributed by atoms with E-state index in [1.807, 2.05) is 42.5 Å². The minimum absolute atomic E-state index is 0.0973. The average Bonchev–Trinajstić information content (AvgIpc) is 2.74. The summed E-state index contributed by atoms with van der Waals surface area (Å²) in [4.78, 5) is 18.7. The largest absolute Gasteiger partial charge is 0.270 e. The van der Waals surface area contributed by atoms with Crippen LogP contribution < -0.4 is 4.90 Å². The van der Waals surface area contributed by atoms with Crippen LogP contribution in [0.2, 0.25) is 0 Å². The van der Waals surface area contributed by atoms with Crippen molar-refractivity contribution in [2.24, 2.45) is 0 Å². The number of thioether (sulfide) groups is 1. The molecule has 0 radical (unpaired) electrons. The number of halogens is 1. The Bertz CT molecular complexity index is 746. The van der Waals surface area contributed by atoms with Gasteiger partial charge in [-0.25, -0.2) is 0 Å². The zero-order valence-corrected chi connectivity index (χ0v) is 13.9. The van der Waals surface area contributed by atoms with Crippen LogP contribution in [-0.4, -0.2) is 15.2 Å². The minimum atomic E-state index is -0.0973. The standard InChI is InChI=1S/C15H9BrN2OS2/c16-11-2-1-3-12(9-11)18-14(19)13(21-15(18)20)8-10-4-6-17-7-5-10/h1-9H/b13-8-. The molecule has 2 aromatic rings. The monoisotopic (exact) mass is 376 g/mol. The summed E-state index contributed by atoms with van der Waals surface area (Å²) in [7, 11) is 0. The molecule has 1 aromatic carbocycles. The minimum Gasteiger partial charge on any atom is -0.268 e. The second kappa shape index (κ2) is 6.09. The van der Waals surface area contributed by atoms with E-state index in [1.54, 1.807) is 17.3 Å². The number of carbonyl (C=O) groups is 1. The van der Waals surface area contributed by atoms with Crippen LogP contribution in [0.4, 0.5) is 5.69 Å². The third-order valence-electron chi connectivity index (χ3n) is 2.86. The number of benzene rings is 1. The topological polar surface area (TPSA) is 33.2 Å². The summed E-state index contributed by atoms with van der Waals surface area (Å²) < 4.78 is 1.45. The maximum atomic E-state index is 12.6. The van der Waals surface area contributed by atoms with Crippen molar-refractivity contribution < 1.29 is 4.79 Å². The summed E-state index contributed by atoms with van der Waals surface area (Å²) in [5, 5.41) is 0. The molecule has 21 heavy (non-hydrogen) atoms. The summed E-state index contributed by atoms with van der Waals surface area (Å²) in [6, 6.07) is 11.2. The third-order valence-corrected chi connectivity index (χ3v) is 4.66. The van der Waals surface area contributed by atoms with E-state index in [2.05, 4.69) is 20.9 Å². The van der Waals surface area contributed by atoms with Gasteiger partial charge in [0, 0.05) is 16.9 Å². The number of pyridine rings is 1. The van der Waals surface area contributed by atoms with Crippen molar-refractivity contribution >= 4 is 61.9 Å². The molecule has 3 rings (SSSR count). The highest BCUT2D eigenvalue weighted by Crippen LogP contribution is 2.36. The van der Waals surface area contributed by atoms with E-state index in [1.165, 1.54) is 11.8 Å².